The topological polar surface area (TPSA) is 50.4 Å². The van der Waals surface area contributed by atoms with Gasteiger partial charge in [0.25, 0.3) is 0 Å². The van der Waals surface area contributed by atoms with Crippen LogP contribution in [0.3, 0.4) is 0 Å². The summed E-state index contributed by atoms with van der Waals surface area (Å²) in [5.74, 6) is -0.0248. The first-order valence-electron chi connectivity index (χ1n) is 7.72. The molecule has 0 aliphatic carbocycles. The summed E-state index contributed by atoms with van der Waals surface area (Å²) < 4.78 is 19.4. The molecule has 0 aliphatic rings. The third-order valence-electron chi connectivity index (χ3n) is 3.19. The van der Waals surface area contributed by atoms with Crippen LogP contribution in [-0.4, -0.2) is 24.3 Å². The molecule has 0 saturated carbocycles. The molecule has 6 heteroatoms. The first kappa shape index (κ1) is 19.9. The summed E-state index contributed by atoms with van der Waals surface area (Å²) in [4.78, 5) is 11.9. The second-order valence-electron chi connectivity index (χ2n) is 6.86. The van der Waals surface area contributed by atoms with Crippen molar-refractivity contribution < 1.29 is 13.9 Å². The van der Waals surface area contributed by atoms with Gasteiger partial charge in [-0.15, -0.1) is 0 Å². The van der Waals surface area contributed by atoms with E-state index >= 15 is 0 Å². The lowest BCUT2D eigenvalue weighted by Gasteiger charge is -2.26. The van der Waals surface area contributed by atoms with E-state index < -0.39 is 11.7 Å². The SMILES string of the molecule is CC(C)C(CNCc1cc(F)ccc1Br)NC(=O)OC(C)(C)C. The van der Waals surface area contributed by atoms with E-state index in [9.17, 15) is 9.18 Å². The second kappa shape index (κ2) is 8.64. The molecule has 0 radical (unpaired) electrons. The zero-order valence-electron chi connectivity index (χ0n) is 14.4. The van der Waals surface area contributed by atoms with Crippen molar-refractivity contribution in [3.63, 3.8) is 0 Å². The summed E-state index contributed by atoms with van der Waals surface area (Å²) in [6.45, 7) is 10.6. The first-order valence-corrected chi connectivity index (χ1v) is 8.52. The van der Waals surface area contributed by atoms with Crippen LogP contribution in [0, 0.1) is 11.7 Å². The number of amides is 1. The number of halogens is 2. The molecule has 2 N–H and O–H groups in total. The van der Waals surface area contributed by atoms with E-state index in [1.165, 1.54) is 12.1 Å². The molecule has 130 valence electrons. The van der Waals surface area contributed by atoms with Crippen molar-refractivity contribution in [2.75, 3.05) is 6.54 Å². The minimum absolute atomic E-state index is 0.0721. The molecule has 1 rings (SSSR count). The maximum atomic E-state index is 13.3. The van der Waals surface area contributed by atoms with E-state index in [4.69, 9.17) is 4.74 Å². The summed E-state index contributed by atoms with van der Waals surface area (Å²) in [6.07, 6.45) is -0.426. The highest BCUT2D eigenvalue weighted by molar-refractivity contribution is 9.10. The standard InChI is InChI=1S/C17H26BrFN2O2/c1-11(2)15(21-16(22)23-17(3,4)5)10-20-9-12-8-13(19)6-7-14(12)18/h6-8,11,15,20H,9-10H2,1-5H3,(H,21,22). The number of rotatable bonds is 6. The van der Waals surface area contributed by atoms with Gasteiger partial charge in [0.05, 0.1) is 0 Å². The molecule has 1 amide bonds. The summed E-state index contributed by atoms with van der Waals surface area (Å²) in [7, 11) is 0. The van der Waals surface area contributed by atoms with Gasteiger partial charge in [0, 0.05) is 23.6 Å². The Bertz CT molecular complexity index is 530. The molecule has 4 nitrogen and oxygen atoms in total. The zero-order chi connectivity index (χ0) is 17.6. The maximum Gasteiger partial charge on any atom is 0.407 e. The highest BCUT2D eigenvalue weighted by Crippen LogP contribution is 2.17. The molecule has 1 unspecified atom stereocenters. The van der Waals surface area contributed by atoms with Crippen molar-refractivity contribution >= 4 is 22.0 Å². The van der Waals surface area contributed by atoms with Crippen LogP contribution in [0.2, 0.25) is 0 Å². The average molecular weight is 389 g/mol. The number of ether oxygens (including phenoxy) is 1. The molecule has 0 bridgehead atoms. The van der Waals surface area contributed by atoms with Gasteiger partial charge in [0.1, 0.15) is 11.4 Å². The predicted molar refractivity (Wildman–Crippen MR) is 93.8 cm³/mol. The Balaban J connectivity index is 2.53. The zero-order valence-corrected chi connectivity index (χ0v) is 16.0. The Morgan fingerprint density at radius 2 is 2.00 bits per heavy atom. The van der Waals surface area contributed by atoms with Crippen LogP contribution in [0.4, 0.5) is 9.18 Å². The van der Waals surface area contributed by atoms with Gasteiger partial charge in [0.15, 0.2) is 0 Å². The number of hydrogen-bond acceptors (Lipinski definition) is 3. The fraction of sp³-hybridized carbons (Fsp3) is 0.588. The highest BCUT2D eigenvalue weighted by Gasteiger charge is 2.21. The highest BCUT2D eigenvalue weighted by atomic mass is 79.9. The normalized spacial score (nSPS) is 13.0. The number of carbonyl (C=O) groups is 1. The molecular formula is C17H26BrFN2O2. The third kappa shape index (κ3) is 7.79. The maximum absolute atomic E-state index is 13.3. The fourth-order valence-corrected chi connectivity index (χ4v) is 2.34. The monoisotopic (exact) mass is 388 g/mol. The molecule has 1 aromatic carbocycles. The number of hydrogen-bond donors (Lipinski definition) is 2. The van der Waals surface area contributed by atoms with Crippen molar-refractivity contribution in [2.45, 2.75) is 52.8 Å². The molecule has 0 heterocycles. The van der Waals surface area contributed by atoms with Crippen LogP contribution >= 0.6 is 15.9 Å². The van der Waals surface area contributed by atoms with Crippen molar-refractivity contribution in [1.82, 2.24) is 10.6 Å². The van der Waals surface area contributed by atoms with Crippen LogP contribution in [0.25, 0.3) is 0 Å². The van der Waals surface area contributed by atoms with Crippen LogP contribution in [0.5, 0.6) is 0 Å². The van der Waals surface area contributed by atoms with Crippen molar-refractivity contribution in [3.8, 4) is 0 Å². The van der Waals surface area contributed by atoms with E-state index in [0.717, 1.165) is 10.0 Å². The van der Waals surface area contributed by atoms with E-state index in [-0.39, 0.29) is 17.8 Å². The first-order chi connectivity index (χ1) is 10.6. The van der Waals surface area contributed by atoms with Gasteiger partial charge in [-0.2, -0.15) is 0 Å². The van der Waals surface area contributed by atoms with E-state index in [2.05, 4.69) is 26.6 Å². The van der Waals surface area contributed by atoms with Gasteiger partial charge >= 0.3 is 6.09 Å². The molecule has 23 heavy (non-hydrogen) atoms. The van der Waals surface area contributed by atoms with Gasteiger partial charge in [-0.3, -0.25) is 0 Å². The molecule has 0 saturated heterocycles. The van der Waals surface area contributed by atoms with Crippen LogP contribution in [-0.2, 0) is 11.3 Å². The lowest BCUT2D eigenvalue weighted by molar-refractivity contribution is 0.0490. The number of carbonyl (C=O) groups excluding carboxylic acids is 1. The van der Waals surface area contributed by atoms with Gasteiger partial charge < -0.3 is 15.4 Å². The van der Waals surface area contributed by atoms with Crippen molar-refractivity contribution in [3.05, 3.63) is 34.1 Å². The van der Waals surface area contributed by atoms with Crippen LogP contribution in [0.1, 0.15) is 40.2 Å². The molecular weight excluding hydrogens is 363 g/mol. The van der Waals surface area contributed by atoms with E-state index in [0.29, 0.717) is 13.1 Å². The molecule has 0 aromatic heterocycles. The number of benzene rings is 1. The lowest BCUT2D eigenvalue weighted by Crippen LogP contribution is -2.46. The van der Waals surface area contributed by atoms with Crippen LogP contribution < -0.4 is 10.6 Å². The van der Waals surface area contributed by atoms with Gasteiger partial charge in [0.2, 0.25) is 0 Å². The van der Waals surface area contributed by atoms with Crippen LogP contribution in [0.15, 0.2) is 22.7 Å². The lowest BCUT2D eigenvalue weighted by atomic mass is 10.0. The quantitative estimate of drug-likeness (QED) is 0.766. The summed E-state index contributed by atoms with van der Waals surface area (Å²) in [5.41, 5.74) is 0.315. The smallest absolute Gasteiger partial charge is 0.407 e. The van der Waals surface area contributed by atoms with E-state index in [1.807, 2.05) is 34.6 Å². The Kier molecular flexibility index (Phi) is 7.48. The molecule has 1 aromatic rings. The Morgan fingerprint density at radius 3 is 2.57 bits per heavy atom. The Morgan fingerprint density at radius 1 is 1.35 bits per heavy atom. The summed E-state index contributed by atoms with van der Waals surface area (Å²) in [5, 5.41) is 6.13. The summed E-state index contributed by atoms with van der Waals surface area (Å²) in [6, 6.07) is 4.51. The Labute approximate surface area is 146 Å². The summed E-state index contributed by atoms with van der Waals surface area (Å²) >= 11 is 3.40. The second-order valence-corrected chi connectivity index (χ2v) is 7.72. The minimum Gasteiger partial charge on any atom is -0.444 e. The minimum atomic E-state index is -0.522. The van der Waals surface area contributed by atoms with E-state index in [1.54, 1.807) is 6.07 Å². The molecule has 1 atom stereocenters. The predicted octanol–water partition coefficient (Wildman–Crippen LogP) is 4.23. The fourth-order valence-electron chi connectivity index (χ4n) is 1.95. The number of nitrogens with one attached hydrogen (secondary N) is 2. The number of alkyl carbamates (subject to hydrolysis) is 1. The Hall–Kier alpha value is -1.14. The molecule has 0 fully saturated rings. The van der Waals surface area contributed by atoms with Crippen molar-refractivity contribution in [2.24, 2.45) is 5.92 Å². The van der Waals surface area contributed by atoms with Gasteiger partial charge in [-0.25, -0.2) is 9.18 Å². The molecule has 0 aliphatic heterocycles. The van der Waals surface area contributed by atoms with Crippen molar-refractivity contribution in [1.29, 1.82) is 0 Å². The third-order valence-corrected chi connectivity index (χ3v) is 3.97. The largest absolute Gasteiger partial charge is 0.444 e. The molecule has 0 spiro atoms. The van der Waals surface area contributed by atoms with Gasteiger partial charge in [-0.1, -0.05) is 29.8 Å². The average Bonchev–Trinajstić information content (AvgIpc) is 2.39. The van der Waals surface area contributed by atoms with Gasteiger partial charge in [-0.05, 0) is 50.5 Å².